The van der Waals surface area contributed by atoms with Gasteiger partial charge in [-0.3, -0.25) is 4.90 Å². The zero-order valence-electron chi connectivity index (χ0n) is 18.6. The van der Waals surface area contributed by atoms with Crippen LogP contribution in [0.4, 0.5) is 4.79 Å². The molecule has 1 saturated carbocycles. The number of carbonyl (C=O) groups is 1. The molecule has 1 heterocycles. The highest BCUT2D eigenvalue weighted by atomic mass is 32.2. The molecular weight excluding hydrogens is 436 g/mol. The maximum atomic E-state index is 12.8. The lowest BCUT2D eigenvalue weighted by atomic mass is 9.95. The van der Waals surface area contributed by atoms with Crippen LogP contribution in [0.2, 0.25) is 0 Å². The number of benzene rings is 1. The van der Waals surface area contributed by atoms with Gasteiger partial charge in [-0.25, -0.2) is 17.9 Å². The molecule has 1 aromatic rings. The number of rotatable bonds is 9. The quantitative estimate of drug-likeness (QED) is 0.504. The molecule has 1 aliphatic carbocycles. The number of sulfonamides is 1. The van der Waals surface area contributed by atoms with Crippen molar-refractivity contribution in [2.45, 2.75) is 75.8 Å². The number of aliphatic hydroxyl groups excluding tert-OH is 1. The van der Waals surface area contributed by atoms with Crippen LogP contribution >= 0.6 is 0 Å². The van der Waals surface area contributed by atoms with Gasteiger partial charge in [-0.2, -0.15) is 0 Å². The van der Waals surface area contributed by atoms with Crippen molar-refractivity contribution in [2.75, 3.05) is 19.5 Å². The average Bonchev–Trinajstić information content (AvgIpc) is 3.06. The molecule has 2 aliphatic rings. The van der Waals surface area contributed by atoms with E-state index in [4.69, 9.17) is 9.47 Å². The maximum absolute atomic E-state index is 12.8. The van der Waals surface area contributed by atoms with Crippen molar-refractivity contribution in [1.82, 2.24) is 9.62 Å². The molecule has 10 heteroatoms. The summed E-state index contributed by atoms with van der Waals surface area (Å²) < 4.78 is 39.4. The van der Waals surface area contributed by atoms with E-state index in [1.165, 1.54) is 4.90 Å². The molecule has 3 N–H and O–H groups in total. The summed E-state index contributed by atoms with van der Waals surface area (Å²) in [5.41, 5.74) is 0.877. The molecule has 2 fully saturated rings. The largest absolute Gasteiger partial charge is 0.497 e. The van der Waals surface area contributed by atoms with Crippen LogP contribution in [0.25, 0.3) is 0 Å². The first-order valence-corrected chi connectivity index (χ1v) is 12.8. The molecule has 0 bridgehead atoms. The molecule has 0 unspecified atom stereocenters. The van der Waals surface area contributed by atoms with Crippen molar-refractivity contribution < 1.29 is 32.9 Å². The number of methoxy groups -OCH3 is 1. The molecule has 1 amide bonds. The molecule has 0 radical (unpaired) electrons. The summed E-state index contributed by atoms with van der Waals surface area (Å²) in [6, 6.07) is 5.78. The second-order valence-electron chi connectivity index (χ2n) is 8.75. The predicted octanol–water partition coefficient (Wildman–Crippen LogP) is 1.99. The topological polar surface area (TPSA) is 125 Å². The summed E-state index contributed by atoms with van der Waals surface area (Å²) in [5.74, 6) is 0.615. The third-order valence-corrected chi connectivity index (χ3v) is 7.81. The molecule has 1 saturated heterocycles. The van der Waals surface area contributed by atoms with Gasteiger partial charge in [-0.05, 0) is 63.1 Å². The van der Waals surface area contributed by atoms with Crippen LogP contribution in [0, 0.1) is 0 Å². The minimum atomic E-state index is -3.62. The maximum Gasteiger partial charge on any atom is 0.407 e. The number of aryl methyl sites for hydroxylation is 1. The number of nitrogens with one attached hydrogen (secondary N) is 1. The minimum absolute atomic E-state index is 0.0442. The van der Waals surface area contributed by atoms with Crippen molar-refractivity contribution in [3.8, 4) is 5.75 Å². The molecule has 1 aromatic carbocycles. The standard InChI is InChI=1S/C22H34N2O7S/c1-15-13-20(23-32(28,29)12-11-16-3-7-18(30-2)8-4-16)21(24(15)22(26)27)14-31-19-9-5-17(25)6-10-19/h3-4,7-8,15,17,19-21,23,25H,5-6,9-14H2,1-2H3,(H,26,27)/t15-,17?,19?,20+,21+/m1/s1. The van der Waals surface area contributed by atoms with Crippen molar-refractivity contribution in [3.63, 3.8) is 0 Å². The lowest BCUT2D eigenvalue weighted by Gasteiger charge is -2.31. The van der Waals surface area contributed by atoms with Gasteiger partial charge >= 0.3 is 6.09 Å². The number of hydrogen-bond donors (Lipinski definition) is 3. The summed E-state index contributed by atoms with van der Waals surface area (Å²) in [5, 5.41) is 19.3. The fourth-order valence-corrected chi connectivity index (χ4v) is 5.93. The number of nitrogens with zero attached hydrogens (tertiary/aromatic N) is 1. The number of amides is 1. The predicted molar refractivity (Wildman–Crippen MR) is 119 cm³/mol. The van der Waals surface area contributed by atoms with Gasteiger partial charge in [0, 0.05) is 12.1 Å². The summed E-state index contributed by atoms with van der Waals surface area (Å²) in [4.78, 5) is 13.1. The highest BCUT2D eigenvalue weighted by Crippen LogP contribution is 2.28. The van der Waals surface area contributed by atoms with E-state index in [2.05, 4.69) is 4.72 Å². The molecule has 3 rings (SSSR count). The Morgan fingerprint density at radius 2 is 1.84 bits per heavy atom. The summed E-state index contributed by atoms with van der Waals surface area (Å²) in [7, 11) is -2.05. The Morgan fingerprint density at radius 1 is 1.19 bits per heavy atom. The molecule has 3 atom stereocenters. The highest BCUT2D eigenvalue weighted by Gasteiger charge is 2.44. The lowest BCUT2D eigenvalue weighted by molar-refractivity contribution is -0.0248. The second kappa shape index (κ2) is 10.8. The van der Waals surface area contributed by atoms with Gasteiger partial charge in [0.25, 0.3) is 0 Å². The van der Waals surface area contributed by atoms with Crippen molar-refractivity contribution >= 4 is 16.1 Å². The van der Waals surface area contributed by atoms with Crippen LogP contribution in [0.1, 0.15) is 44.6 Å². The van der Waals surface area contributed by atoms with Gasteiger partial charge in [0.1, 0.15) is 5.75 Å². The lowest BCUT2D eigenvalue weighted by Crippen LogP contribution is -2.50. The summed E-state index contributed by atoms with van der Waals surface area (Å²) in [6.45, 7) is 1.91. The van der Waals surface area contributed by atoms with E-state index in [1.54, 1.807) is 26.2 Å². The number of hydrogen-bond acceptors (Lipinski definition) is 6. The van der Waals surface area contributed by atoms with Crippen LogP contribution in [-0.4, -0.2) is 79.4 Å². The first-order chi connectivity index (χ1) is 15.2. The van der Waals surface area contributed by atoms with Gasteiger partial charge in [-0.1, -0.05) is 12.1 Å². The monoisotopic (exact) mass is 470 g/mol. The van der Waals surface area contributed by atoms with Gasteiger partial charge < -0.3 is 19.7 Å². The molecule has 180 valence electrons. The summed E-state index contributed by atoms with van der Waals surface area (Å²) in [6.07, 6.45) is 2.07. The summed E-state index contributed by atoms with van der Waals surface area (Å²) >= 11 is 0. The van der Waals surface area contributed by atoms with Gasteiger partial charge in [0.05, 0.1) is 37.7 Å². The number of carboxylic acid groups (broad SMARTS) is 1. The van der Waals surface area contributed by atoms with Crippen molar-refractivity contribution in [1.29, 1.82) is 0 Å². The van der Waals surface area contributed by atoms with Crippen LogP contribution < -0.4 is 9.46 Å². The Bertz CT molecular complexity index is 854. The zero-order chi connectivity index (χ0) is 23.3. The zero-order valence-corrected chi connectivity index (χ0v) is 19.5. The minimum Gasteiger partial charge on any atom is -0.497 e. The average molecular weight is 471 g/mol. The SMILES string of the molecule is COc1ccc(CCS(=O)(=O)N[C@H]2C[C@@H](C)N(C(=O)O)[C@H]2COC2CCC(O)CC2)cc1. The van der Waals surface area contributed by atoms with Crippen LogP contribution in [-0.2, 0) is 21.2 Å². The third kappa shape index (κ3) is 6.57. The Morgan fingerprint density at radius 3 is 2.44 bits per heavy atom. The molecule has 0 spiro atoms. The Hall–Kier alpha value is -1.88. The molecular formula is C22H34N2O7S. The molecule has 32 heavy (non-hydrogen) atoms. The van der Waals surface area contributed by atoms with E-state index in [9.17, 15) is 23.4 Å². The van der Waals surface area contributed by atoms with E-state index >= 15 is 0 Å². The number of ether oxygens (including phenoxy) is 2. The molecule has 0 aromatic heterocycles. The smallest absolute Gasteiger partial charge is 0.407 e. The van der Waals surface area contributed by atoms with Crippen molar-refractivity contribution in [3.05, 3.63) is 29.8 Å². The van der Waals surface area contributed by atoms with Crippen LogP contribution in [0.15, 0.2) is 24.3 Å². The molecule has 9 nitrogen and oxygen atoms in total. The van der Waals surface area contributed by atoms with E-state index in [-0.39, 0.29) is 30.6 Å². The normalized spacial score (nSPS) is 28.6. The number of likely N-dealkylation sites (tertiary alicyclic amines) is 1. The van der Waals surface area contributed by atoms with E-state index in [0.717, 1.165) is 18.4 Å². The Labute approximate surface area is 189 Å². The van der Waals surface area contributed by atoms with E-state index in [0.29, 0.717) is 31.4 Å². The highest BCUT2D eigenvalue weighted by molar-refractivity contribution is 7.89. The van der Waals surface area contributed by atoms with Gasteiger partial charge in [0.2, 0.25) is 10.0 Å². The second-order valence-corrected chi connectivity index (χ2v) is 10.6. The van der Waals surface area contributed by atoms with E-state index in [1.807, 2.05) is 12.1 Å². The van der Waals surface area contributed by atoms with Gasteiger partial charge in [0.15, 0.2) is 0 Å². The van der Waals surface area contributed by atoms with Crippen LogP contribution in [0.5, 0.6) is 5.75 Å². The third-order valence-electron chi connectivity index (χ3n) is 6.41. The van der Waals surface area contributed by atoms with E-state index < -0.39 is 28.2 Å². The fourth-order valence-electron chi connectivity index (χ4n) is 4.59. The number of aliphatic hydroxyl groups is 1. The first kappa shape index (κ1) is 24.8. The van der Waals surface area contributed by atoms with Crippen LogP contribution in [0.3, 0.4) is 0 Å². The first-order valence-electron chi connectivity index (χ1n) is 11.1. The van der Waals surface area contributed by atoms with Gasteiger partial charge in [-0.15, -0.1) is 0 Å². The Kier molecular flexibility index (Phi) is 8.37. The fraction of sp³-hybridized carbons (Fsp3) is 0.682. The van der Waals surface area contributed by atoms with Crippen molar-refractivity contribution in [2.24, 2.45) is 0 Å². The molecule has 1 aliphatic heterocycles. The Balaban J connectivity index is 1.61.